The molecule has 17 heavy (non-hydrogen) atoms. The van der Waals surface area contributed by atoms with Crippen molar-refractivity contribution < 1.29 is 9.53 Å². The summed E-state index contributed by atoms with van der Waals surface area (Å²) in [5, 5.41) is 0. The number of carbonyl (C=O) groups excluding carboxylic acids is 1. The van der Waals surface area contributed by atoms with E-state index in [1.165, 1.54) is 10.5 Å². The van der Waals surface area contributed by atoms with Crippen molar-refractivity contribution in [1.82, 2.24) is 0 Å². The standard InChI is InChI=1S/C13H17NO2S/c1-10-4-5-12-11(8-10)14(6-3-7-16-2)13(15)9-17-12/h4-5,8H,3,6-7,9H2,1-2H3. The van der Waals surface area contributed by atoms with Crippen molar-refractivity contribution in [2.75, 3.05) is 30.9 Å². The Labute approximate surface area is 106 Å². The molecule has 1 aromatic rings. The van der Waals surface area contributed by atoms with Crippen LogP contribution >= 0.6 is 11.8 Å². The third kappa shape index (κ3) is 2.82. The largest absolute Gasteiger partial charge is 0.385 e. The monoisotopic (exact) mass is 251 g/mol. The Morgan fingerprint density at radius 2 is 2.29 bits per heavy atom. The van der Waals surface area contributed by atoms with Crippen LogP contribution in [0.2, 0.25) is 0 Å². The van der Waals surface area contributed by atoms with Crippen molar-refractivity contribution in [3.63, 3.8) is 0 Å². The highest BCUT2D eigenvalue weighted by molar-refractivity contribution is 8.00. The second-order valence-corrected chi connectivity index (χ2v) is 5.17. The molecule has 0 N–H and O–H groups in total. The summed E-state index contributed by atoms with van der Waals surface area (Å²) >= 11 is 1.63. The highest BCUT2D eigenvalue weighted by atomic mass is 32.2. The van der Waals surface area contributed by atoms with Crippen molar-refractivity contribution in [3.8, 4) is 0 Å². The molecule has 0 saturated carbocycles. The van der Waals surface area contributed by atoms with Crippen LogP contribution in [-0.2, 0) is 9.53 Å². The van der Waals surface area contributed by atoms with Crippen molar-refractivity contribution >= 4 is 23.4 Å². The second-order valence-electron chi connectivity index (χ2n) is 4.15. The molecule has 2 rings (SSSR count). The highest BCUT2D eigenvalue weighted by Crippen LogP contribution is 2.35. The van der Waals surface area contributed by atoms with Crippen molar-refractivity contribution in [1.29, 1.82) is 0 Å². The Balaban J connectivity index is 2.20. The first-order valence-corrected chi connectivity index (χ1v) is 6.73. The van der Waals surface area contributed by atoms with Crippen LogP contribution in [0.3, 0.4) is 0 Å². The van der Waals surface area contributed by atoms with Gasteiger partial charge in [0.05, 0.1) is 11.4 Å². The van der Waals surface area contributed by atoms with Gasteiger partial charge in [-0.15, -0.1) is 11.8 Å². The van der Waals surface area contributed by atoms with Crippen molar-refractivity contribution in [2.45, 2.75) is 18.2 Å². The number of thioether (sulfide) groups is 1. The molecule has 0 fully saturated rings. The lowest BCUT2D eigenvalue weighted by Crippen LogP contribution is -2.36. The fourth-order valence-electron chi connectivity index (χ4n) is 1.92. The lowest BCUT2D eigenvalue weighted by molar-refractivity contribution is -0.116. The lowest BCUT2D eigenvalue weighted by Gasteiger charge is -2.29. The number of nitrogens with zero attached hydrogens (tertiary/aromatic N) is 1. The van der Waals surface area contributed by atoms with Gasteiger partial charge < -0.3 is 9.64 Å². The van der Waals surface area contributed by atoms with Gasteiger partial charge in [-0.2, -0.15) is 0 Å². The maximum Gasteiger partial charge on any atom is 0.237 e. The molecule has 0 saturated heterocycles. The fraction of sp³-hybridized carbons (Fsp3) is 0.462. The Hall–Kier alpha value is -1.00. The minimum Gasteiger partial charge on any atom is -0.385 e. The summed E-state index contributed by atoms with van der Waals surface area (Å²) < 4.78 is 5.04. The molecule has 0 aliphatic carbocycles. The molecule has 0 aromatic heterocycles. The van der Waals surface area contributed by atoms with Gasteiger partial charge >= 0.3 is 0 Å². The third-order valence-corrected chi connectivity index (χ3v) is 3.84. The van der Waals surface area contributed by atoms with E-state index in [4.69, 9.17) is 4.74 Å². The number of hydrogen-bond acceptors (Lipinski definition) is 3. The van der Waals surface area contributed by atoms with E-state index >= 15 is 0 Å². The molecule has 0 atom stereocenters. The Morgan fingerprint density at radius 1 is 1.47 bits per heavy atom. The quantitative estimate of drug-likeness (QED) is 0.770. The Kier molecular flexibility index (Phi) is 4.07. The zero-order chi connectivity index (χ0) is 12.3. The topological polar surface area (TPSA) is 29.5 Å². The van der Waals surface area contributed by atoms with Crippen LogP contribution in [0.25, 0.3) is 0 Å². The van der Waals surface area contributed by atoms with E-state index in [0.29, 0.717) is 12.4 Å². The van der Waals surface area contributed by atoms with Gasteiger partial charge in [0.1, 0.15) is 0 Å². The van der Waals surface area contributed by atoms with Gasteiger partial charge in [-0.25, -0.2) is 0 Å². The summed E-state index contributed by atoms with van der Waals surface area (Å²) in [4.78, 5) is 15.0. The number of rotatable bonds is 4. The third-order valence-electron chi connectivity index (χ3n) is 2.79. The lowest BCUT2D eigenvalue weighted by atomic mass is 10.2. The molecule has 1 aliphatic heterocycles. The molecule has 0 spiro atoms. The van der Waals surface area contributed by atoms with Gasteiger partial charge in [0.25, 0.3) is 0 Å². The zero-order valence-electron chi connectivity index (χ0n) is 10.2. The average Bonchev–Trinajstić information content (AvgIpc) is 2.32. The summed E-state index contributed by atoms with van der Waals surface area (Å²) in [6.45, 7) is 3.49. The van der Waals surface area contributed by atoms with Gasteiger partial charge in [-0.3, -0.25) is 4.79 Å². The number of amides is 1. The van der Waals surface area contributed by atoms with Gasteiger partial charge in [-0.05, 0) is 31.0 Å². The van der Waals surface area contributed by atoms with E-state index in [1.807, 2.05) is 4.90 Å². The van der Waals surface area contributed by atoms with Gasteiger partial charge in [0.2, 0.25) is 5.91 Å². The minimum absolute atomic E-state index is 0.198. The molecule has 3 nitrogen and oxygen atoms in total. The van der Waals surface area contributed by atoms with Gasteiger partial charge in [-0.1, -0.05) is 6.07 Å². The summed E-state index contributed by atoms with van der Waals surface area (Å²) in [6.07, 6.45) is 0.875. The summed E-state index contributed by atoms with van der Waals surface area (Å²) in [5.74, 6) is 0.743. The van der Waals surface area contributed by atoms with Crippen LogP contribution in [0.1, 0.15) is 12.0 Å². The number of benzene rings is 1. The predicted octanol–water partition coefficient (Wildman–Crippen LogP) is 2.47. The molecule has 0 unspecified atom stereocenters. The Bertz CT molecular complexity index is 420. The smallest absolute Gasteiger partial charge is 0.237 e. The normalized spacial score (nSPS) is 14.9. The van der Waals surface area contributed by atoms with Crippen LogP contribution in [0.5, 0.6) is 0 Å². The maximum atomic E-state index is 11.9. The molecular formula is C13H17NO2S. The first-order chi connectivity index (χ1) is 8.22. The van der Waals surface area contributed by atoms with Crippen molar-refractivity contribution in [3.05, 3.63) is 23.8 Å². The number of ether oxygens (including phenoxy) is 1. The van der Waals surface area contributed by atoms with Crippen LogP contribution in [0.4, 0.5) is 5.69 Å². The number of fused-ring (bicyclic) bond motifs is 1. The van der Waals surface area contributed by atoms with E-state index in [2.05, 4.69) is 25.1 Å². The van der Waals surface area contributed by atoms with Crippen molar-refractivity contribution in [2.24, 2.45) is 0 Å². The van der Waals surface area contributed by atoms with E-state index in [9.17, 15) is 4.79 Å². The first kappa shape index (κ1) is 12.5. The van der Waals surface area contributed by atoms with Gasteiger partial charge in [0.15, 0.2) is 0 Å². The molecule has 1 amide bonds. The summed E-state index contributed by atoms with van der Waals surface area (Å²) in [7, 11) is 1.69. The molecule has 0 radical (unpaired) electrons. The summed E-state index contributed by atoms with van der Waals surface area (Å²) in [6, 6.07) is 6.28. The highest BCUT2D eigenvalue weighted by Gasteiger charge is 2.24. The van der Waals surface area contributed by atoms with E-state index < -0.39 is 0 Å². The molecular weight excluding hydrogens is 234 g/mol. The second kappa shape index (κ2) is 5.56. The van der Waals surface area contributed by atoms with Gasteiger partial charge in [0, 0.05) is 25.2 Å². The molecule has 1 aromatic carbocycles. The van der Waals surface area contributed by atoms with Crippen LogP contribution < -0.4 is 4.90 Å². The molecule has 92 valence electrons. The number of carbonyl (C=O) groups is 1. The maximum absolute atomic E-state index is 11.9. The molecule has 1 heterocycles. The van der Waals surface area contributed by atoms with E-state index in [1.54, 1.807) is 18.9 Å². The molecule has 1 aliphatic rings. The molecule has 0 bridgehead atoms. The fourth-order valence-corrected chi connectivity index (χ4v) is 2.84. The van der Waals surface area contributed by atoms with Crippen LogP contribution in [-0.4, -0.2) is 31.9 Å². The first-order valence-electron chi connectivity index (χ1n) is 5.75. The zero-order valence-corrected chi connectivity index (χ0v) is 11.0. The molecule has 4 heteroatoms. The number of aryl methyl sites for hydroxylation is 1. The number of anilines is 1. The Morgan fingerprint density at radius 3 is 3.06 bits per heavy atom. The average molecular weight is 251 g/mol. The van der Waals surface area contributed by atoms with Crippen LogP contribution in [0, 0.1) is 6.92 Å². The SMILES string of the molecule is COCCCN1C(=O)CSc2ccc(C)cc21. The predicted molar refractivity (Wildman–Crippen MR) is 70.7 cm³/mol. The van der Waals surface area contributed by atoms with E-state index in [-0.39, 0.29) is 5.91 Å². The number of hydrogen-bond donors (Lipinski definition) is 0. The summed E-state index contributed by atoms with van der Waals surface area (Å²) in [5.41, 5.74) is 2.25. The minimum atomic E-state index is 0.198. The van der Waals surface area contributed by atoms with Crippen LogP contribution in [0.15, 0.2) is 23.1 Å². The number of methoxy groups -OCH3 is 1. The van der Waals surface area contributed by atoms with E-state index in [0.717, 1.165) is 18.7 Å².